The van der Waals surface area contributed by atoms with Crippen molar-refractivity contribution >= 4 is 11.8 Å². The Balaban J connectivity index is 2.13. The predicted octanol–water partition coefficient (Wildman–Crippen LogP) is 0.766. The lowest BCUT2D eigenvalue weighted by Crippen LogP contribution is -2.44. The maximum absolute atomic E-state index is 12.0. The first-order valence-electron chi connectivity index (χ1n) is 8.24. The fourth-order valence-electron chi connectivity index (χ4n) is 2.72. The molecule has 0 spiro atoms. The smallest absolute Gasteiger partial charge is 0.234 e. The average molecular weight is 313 g/mol. The van der Waals surface area contributed by atoms with Crippen LogP contribution in [-0.2, 0) is 14.3 Å². The Morgan fingerprint density at radius 2 is 1.77 bits per heavy atom. The first-order valence-corrected chi connectivity index (χ1v) is 8.24. The van der Waals surface area contributed by atoms with Crippen LogP contribution in [0.4, 0.5) is 0 Å². The third-order valence-electron chi connectivity index (χ3n) is 4.06. The van der Waals surface area contributed by atoms with Crippen LogP contribution >= 0.6 is 0 Å². The fraction of sp³-hybridized carbons (Fsp3) is 0.875. The summed E-state index contributed by atoms with van der Waals surface area (Å²) in [6.45, 7) is 4.00. The summed E-state index contributed by atoms with van der Waals surface area (Å²) >= 11 is 0. The molecule has 1 fully saturated rings. The average Bonchev–Trinajstić information content (AvgIpc) is 2.46. The number of hydrogen-bond donors (Lipinski definition) is 2. The van der Waals surface area contributed by atoms with Crippen molar-refractivity contribution in [2.24, 2.45) is 5.92 Å². The van der Waals surface area contributed by atoms with Crippen LogP contribution in [0, 0.1) is 5.92 Å². The molecule has 0 aliphatic heterocycles. The summed E-state index contributed by atoms with van der Waals surface area (Å²) in [6, 6.07) is 0.306. The zero-order valence-corrected chi connectivity index (χ0v) is 14.2. The molecule has 0 aromatic heterocycles. The highest BCUT2D eigenvalue weighted by atomic mass is 16.5. The van der Waals surface area contributed by atoms with Gasteiger partial charge < -0.3 is 15.4 Å². The Morgan fingerprint density at radius 3 is 2.41 bits per heavy atom. The number of likely N-dealkylation sites (N-methyl/N-ethyl adjacent to an activating group) is 1. The minimum absolute atomic E-state index is 0.00855. The van der Waals surface area contributed by atoms with E-state index < -0.39 is 0 Å². The number of nitrogens with one attached hydrogen (secondary N) is 2. The molecule has 0 saturated heterocycles. The van der Waals surface area contributed by atoms with E-state index in [0.717, 1.165) is 25.2 Å². The first-order chi connectivity index (χ1) is 10.5. The number of ether oxygens (including phenoxy) is 1. The molecular weight excluding hydrogens is 282 g/mol. The molecule has 6 heteroatoms. The van der Waals surface area contributed by atoms with E-state index in [-0.39, 0.29) is 24.9 Å². The van der Waals surface area contributed by atoms with Crippen molar-refractivity contribution in [1.82, 2.24) is 15.5 Å². The highest BCUT2D eigenvalue weighted by molar-refractivity contribution is 5.81. The third kappa shape index (κ3) is 8.34. The second-order valence-electron chi connectivity index (χ2n) is 6.39. The molecule has 2 amide bonds. The van der Waals surface area contributed by atoms with Gasteiger partial charge in [-0.15, -0.1) is 0 Å². The maximum atomic E-state index is 12.0. The van der Waals surface area contributed by atoms with Gasteiger partial charge in [0.05, 0.1) is 13.1 Å². The molecule has 0 atom stereocenters. The third-order valence-corrected chi connectivity index (χ3v) is 4.06. The van der Waals surface area contributed by atoms with Gasteiger partial charge in [0.1, 0.15) is 0 Å². The molecule has 22 heavy (non-hydrogen) atoms. The molecule has 1 saturated carbocycles. The summed E-state index contributed by atoms with van der Waals surface area (Å²) in [5, 5.41) is 5.89. The number of amides is 2. The van der Waals surface area contributed by atoms with Crippen molar-refractivity contribution in [3.63, 3.8) is 0 Å². The molecule has 128 valence electrons. The van der Waals surface area contributed by atoms with Crippen LogP contribution in [0.25, 0.3) is 0 Å². The molecule has 1 aliphatic carbocycles. The molecule has 0 aromatic carbocycles. The molecule has 0 bridgehead atoms. The van der Waals surface area contributed by atoms with Gasteiger partial charge >= 0.3 is 0 Å². The maximum Gasteiger partial charge on any atom is 0.234 e. The van der Waals surface area contributed by atoms with E-state index in [2.05, 4.69) is 17.6 Å². The Morgan fingerprint density at radius 1 is 1.14 bits per heavy atom. The highest BCUT2D eigenvalue weighted by Crippen LogP contribution is 2.23. The topological polar surface area (TPSA) is 70.7 Å². The number of hydrogen-bond acceptors (Lipinski definition) is 4. The Hall–Kier alpha value is -1.14. The Bertz CT molecular complexity index is 342. The summed E-state index contributed by atoms with van der Waals surface area (Å²) < 4.78 is 4.92. The summed E-state index contributed by atoms with van der Waals surface area (Å²) in [5.74, 6) is 0.727. The fourth-order valence-corrected chi connectivity index (χ4v) is 2.72. The molecule has 1 rings (SSSR count). The summed E-state index contributed by atoms with van der Waals surface area (Å²) in [6.07, 6.45) is 5.30. The van der Waals surface area contributed by atoms with Gasteiger partial charge in [-0.05, 0) is 45.1 Å². The van der Waals surface area contributed by atoms with Crippen molar-refractivity contribution in [3.05, 3.63) is 0 Å². The summed E-state index contributed by atoms with van der Waals surface area (Å²) in [4.78, 5) is 25.4. The van der Waals surface area contributed by atoms with Crippen LogP contribution in [-0.4, -0.2) is 63.2 Å². The van der Waals surface area contributed by atoms with Gasteiger partial charge in [-0.2, -0.15) is 0 Å². The highest BCUT2D eigenvalue weighted by Gasteiger charge is 2.20. The van der Waals surface area contributed by atoms with Crippen molar-refractivity contribution in [2.75, 3.05) is 40.4 Å². The second-order valence-corrected chi connectivity index (χ2v) is 6.39. The van der Waals surface area contributed by atoms with Crippen molar-refractivity contribution in [1.29, 1.82) is 0 Å². The van der Waals surface area contributed by atoms with E-state index >= 15 is 0 Å². The van der Waals surface area contributed by atoms with Gasteiger partial charge in [-0.1, -0.05) is 6.92 Å². The predicted molar refractivity (Wildman–Crippen MR) is 86.6 cm³/mol. The molecule has 0 heterocycles. The van der Waals surface area contributed by atoms with E-state index in [1.807, 2.05) is 0 Å². The lowest BCUT2D eigenvalue weighted by atomic mass is 9.87. The van der Waals surface area contributed by atoms with E-state index in [1.165, 1.54) is 12.8 Å². The largest absolute Gasteiger partial charge is 0.385 e. The van der Waals surface area contributed by atoms with Gasteiger partial charge in [0, 0.05) is 26.3 Å². The molecule has 2 N–H and O–H groups in total. The minimum atomic E-state index is -0.0575. The molecule has 0 unspecified atom stereocenters. The quantitative estimate of drug-likeness (QED) is 0.617. The first kappa shape index (κ1) is 18.9. The lowest BCUT2D eigenvalue weighted by Gasteiger charge is -2.27. The molecular formula is C16H31N3O3. The second kappa shape index (κ2) is 10.6. The van der Waals surface area contributed by atoms with E-state index in [1.54, 1.807) is 19.1 Å². The van der Waals surface area contributed by atoms with Gasteiger partial charge in [-0.25, -0.2) is 0 Å². The Kier molecular flexibility index (Phi) is 9.08. The monoisotopic (exact) mass is 313 g/mol. The van der Waals surface area contributed by atoms with Crippen LogP contribution in [0.2, 0.25) is 0 Å². The number of nitrogens with zero attached hydrogens (tertiary/aromatic N) is 1. The Labute approximate surface area is 134 Å². The summed E-state index contributed by atoms with van der Waals surface area (Å²) in [7, 11) is 3.43. The van der Waals surface area contributed by atoms with Crippen LogP contribution in [0.5, 0.6) is 0 Å². The van der Waals surface area contributed by atoms with Gasteiger partial charge in [0.15, 0.2) is 0 Å². The van der Waals surface area contributed by atoms with Crippen molar-refractivity contribution < 1.29 is 14.3 Å². The number of carbonyl (C=O) groups excluding carboxylic acids is 2. The van der Waals surface area contributed by atoms with Crippen molar-refractivity contribution in [2.45, 2.75) is 45.1 Å². The molecule has 6 nitrogen and oxygen atoms in total. The molecule has 0 aromatic rings. The van der Waals surface area contributed by atoms with Gasteiger partial charge in [0.2, 0.25) is 11.8 Å². The summed E-state index contributed by atoms with van der Waals surface area (Å²) in [5.41, 5.74) is 0. The van der Waals surface area contributed by atoms with Crippen LogP contribution in [0.15, 0.2) is 0 Å². The standard InChI is InChI=1S/C16H31N3O3/c1-13-5-7-14(8-6-13)18-16(21)12-19(2)11-15(20)17-9-4-10-22-3/h13-14H,4-12H2,1-3H3,(H,17,20)(H,18,21). The SMILES string of the molecule is COCCCNC(=O)CN(C)CC(=O)NC1CCC(C)CC1. The lowest BCUT2D eigenvalue weighted by molar-refractivity contribution is -0.125. The number of rotatable bonds is 9. The van der Waals surface area contributed by atoms with E-state index in [4.69, 9.17) is 4.74 Å². The minimum Gasteiger partial charge on any atom is -0.385 e. The van der Waals surface area contributed by atoms with E-state index in [9.17, 15) is 9.59 Å². The zero-order valence-electron chi connectivity index (χ0n) is 14.2. The van der Waals surface area contributed by atoms with E-state index in [0.29, 0.717) is 19.2 Å². The zero-order chi connectivity index (χ0) is 16.4. The van der Waals surface area contributed by atoms with Gasteiger partial charge in [0.25, 0.3) is 0 Å². The number of carbonyl (C=O) groups is 2. The van der Waals surface area contributed by atoms with Crippen LogP contribution < -0.4 is 10.6 Å². The normalized spacial score (nSPS) is 21.6. The van der Waals surface area contributed by atoms with Crippen LogP contribution in [0.1, 0.15) is 39.0 Å². The molecule has 1 aliphatic rings. The molecule has 0 radical (unpaired) electrons. The number of methoxy groups -OCH3 is 1. The van der Waals surface area contributed by atoms with Crippen LogP contribution in [0.3, 0.4) is 0 Å². The van der Waals surface area contributed by atoms with Gasteiger partial charge in [-0.3, -0.25) is 14.5 Å². The van der Waals surface area contributed by atoms with Crippen molar-refractivity contribution in [3.8, 4) is 0 Å².